The fraction of sp³-hybridized carbons (Fsp3) is 0.222. The average Bonchev–Trinajstić information content (AvgIpc) is 3.32. The number of rotatable bonds is 8. The molecular weight excluding hydrogens is 414 g/mol. The molecule has 3 aromatic carbocycles. The van der Waals surface area contributed by atoms with E-state index in [2.05, 4.69) is 15.5 Å². The van der Waals surface area contributed by atoms with Crippen LogP contribution in [0.3, 0.4) is 0 Å². The average molecular weight is 442 g/mol. The number of benzene rings is 3. The maximum Gasteiger partial charge on any atom is 0.251 e. The number of aromatic nitrogens is 2. The molecular formula is C27H27N3O3. The van der Waals surface area contributed by atoms with Gasteiger partial charge in [0.2, 0.25) is 11.8 Å². The summed E-state index contributed by atoms with van der Waals surface area (Å²) in [7, 11) is 0. The van der Waals surface area contributed by atoms with E-state index in [0.29, 0.717) is 30.5 Å². The zero-order valence-corrected chi connectivity index (χ0v) is 19.0. The lowest BCUT2D eigenvalue weighted by Crippen LogP contribution is -2.22. The van der Waals surface area contributed by atoms with Crippen molar-refractivity contribution < 1.29 is 13.9 Å². The van der Waals surface area contributed by atoms with Crippen LogP contribution >= 0.6 is 0 Å². The van der Waals surface area contributed by atoms with Crippen molar-refractivity contribution in [1.82, 2.24) is 15.5 Å². The molecule has 4 rings (SSSR count). The van der Waals surface area contributed by atoms with Crippen LogP contribution in [0.15, 0.2) is 77.2 Å². The van der Waals surface area contributed by atoms with E-state index in [4.69, 9.17) is 9.15 Å². The summed E-state index contributed by atoms with van der Waals surface area (Å²) in [6.45, 7) is 7.07. The zero-order valence-electron chi connectivity index (χ0n) is 19.0. The minimum Gasteiger partial charge on any atom is -0.416 e. The van der Waals surface area contributed by atoms with Crippen LogP contribution in [-0.2, 0) is 17.9 Å². The Morgan fingerprint density at radius 2 is 1.58 bits per heavy atom. The number of hydrogen-bond donors (Lipinski definition) is 1. The lowest BCUT2D eigenvalue weighted by molar-refractivity contribution is 0.0657. The normalized spacial score (nSPS) is 11.0. The lowest BCUT2D eigenvalue weighted by atomic mass is 10.1. The van der Waals surface area contributed by atoms with Gasteiger partial charge in [-0.3, -0.25) is 4.79 Å². The molecule has 0 fully saturated rings. The van der Waals surface area contributed by atoms with E-state index < -0.39 is 0 Å². The maximum absolute atomic E-state index is 12.6. The number of hydrogen-bond acceptors (Lipinski definition) is 5. The van der Waals surface area contributed by atoms with Gasteiger partial charge in [0.1, 0.15) is 0 Å². The van der Waals surface area contributed by atoms with Gasteiger partial charge < -0.3 is 14.5 Å². The first-order valence-electron chi connectivity index (χ1n) is 11.0. The van der Waals surface area contributed by atoms with Gasteiger partial charge in [-0.15, -0.1) is 10.2 Å². The summed E-state index contributed by atoms with van der Waals surface area (Å²) < 4.78 is 11.5. The van der Waals surface area contributed by atoms with E-state index in [-0.39, 0.29) is 12.0 Å². The second-order valence-electron chi connectivity index (χ2n) is 8.16. The number of amides is 1. The standard InChI is InChI=1S/C27H27N3O3/c1-18(2)32-17-21-10-8-20(9-11-21)16-28-25(31)22-12-14-23(15-13-22)26-29-30-27(33-26)24-7-5-4-6-19(24)3/h4-15,18H,16-17H2,1-3H3,(H,28,31). The fourth-order valence-corrected chi connectivity index (χ4v) is 3.33. The lowest BCUT2D eigenvalue weighted by Gasteiger charge is -2.09. The summed E-state index contributed by atoms with van der Waals surface area (Å²) in [6, 6.07) is 23.1. The summed E-state index contributed by atoms with van der Waals surface area (Å²) in [5, 5.41) is 11.3. The van der Waals surface area contributed by atoms with E-state index in [1.807, 2.05) is 81.4 Å². The minimum atomic E-state index is -0.139. The molecule has 168 valence electrons. The van der Waals surface area contributed by atoms with Crippen molar-refractivity contribution in [2.45, 2.75) is 40.0 Å². The van der Waals surface area contributed by atoms with E-state index in [1.54, 1.807) is 12.1 Å². The SMILES string of the molecule is Cc1ccccc1-c1nnc(-c2ccc(C(=O)NCc3ccc(COC(C)C)cc3)cc2)o1. The number of carbonyl (C=O) groups is 1. The van der Waals surface area contributed by atoms with E-state index in [0.717, 1.165) is 27.8 Å². The molecule has 0 saturated heterocycles. The largest absolute Gasteiger partial charge is 0.416 e. The van der Waals surface area contributed by atoms with Crippen LogP contribution < -0.4 is 5.32 Å². The molecule has 6 nitrogen and oxygen atoms in total. The molecule has 0 aliphatic heterocycles. The molecule has 0 aliphatic carbocycles. The molecule has 0 aliphatic rings. The Hall–Kier alpha value is -3.77. The number of aryl methyl sites for hydroxylation is 1. The molecule has 1 amide bonds. The van der Waals surface area contributed by atoms with E-state index >= 15 is 0 Å². The van der Waals surface area contributed by atoms with Crippen LogP contribution in [0.25, 0.3) is 22.9 Å². The molecule has 6 heteroatoms. The Bertz CT molecular complexity index is 1210. The molecule has 4 aromatic rings. The van der Waals surface area contributed by atoms with Crippen molar-refractivity contribution in [1.29, 1.82) is 0 Å². The van der Waals surface area contributed by atoms with Gasteiger partial charge in [-0.05, 0) is 67.8 Å². The van der Waals surface area contributed by atoms with Gasteiger partial charge >= 0.3 is 0 Å². The molecule has 1 heterocycles. The fourth-order valence-electron chi connectivity index (χ4n) is 3.33. The first-order chi connectivity index (χ1) is 16.0. The third-order valence-electron chi connectivity index (χ3n) is 5.25. The monoisotopic (exact) mass is 441 g/mol. The highest BCUT2D eigenvalue weighted by molar-refractivity contribution is 5.94. The van der Waals surface area contributed by atoms with Crippen LogP contribution in [0.2, 0.25) is 0 Å². The molecule has 33 heavy (non-hydrogen) atoms. The zero-order chi connectivity index (χ0) is 23.2. The maximum atomic E-state index is 12.6. The Morgan fingerprint density at radius 1 is 0.909 bits per heavy atom. The van der Waals surface area contributed by atoms with Gasteiger partial charge in [0.15, 0.2) is 0 Å². The molecule has 0 bridgehead atoms. The van der Waals surface area contributed by atoms with Crippen molar-refractivity contribution in [3.63, 3.8) is 0 Å². The number of carbonyl (C=O) groups excluding carboxylic acids is 1. The van der Waals surface area contributed by atoms with Gasteiger partial charge in [-0.25, -0.2) is 0 Å². The number of ether oxygens (including phenoxy) is 1. The first kappa shape index (κ1) is 22.4. The summed E-state index contributed by atoms with van der Waals surface area (Å²) in [5.41, 5.74) is 5.45. The summed E-state index contributed by atoms with van der Waals surface area (Å²) >= 11 is 0. The molecule has 0 spiro atoms. The predicted molar refractivity (Wildman–Crippen MR) is 127 cm³/mol. The third-order valence-corrected chi connectivity index (χ3v) is 5.25. The number of nitrogens with zero attached hydrogens (tertiary/aromatic N) is 2. The van der Waals surface area contributed by atoms with Crippen LogP contribution in [0, 0.1) is 6.92 Å². The highest BCUT2D eigenvalue weighted by Gasteiger charge is 2.13. The highest BCUT2D eigenvalue weighted by atomic mass is 16.5. The summed E-state index contributed by atoms with van der Waals surface area (Å²) in [4.78, 5) is 12.6. The minimum absolute atomic E-state index is 0.139. The number of nitrogens with one attached hydrogen (secondary N) is 1. The highest BCUT2D eigenvalue weighted by Crippen LogP contribution is 2.26. The Labute approximate surface area is 193 Å². The Balaban J connectivity index is 1.35. The van der Waals surface area contributed by atoms with Gasteiger partial charge in [0, 0.05) is 23.2 Å². The van der Waals surface area contributed by atoms with Crippen molar-refractivity contribution in [3.05, 3.63) is 95.1 Å². The van der Waals surface area contributed by atoms with Gasteiger partial charge in [-0.1, -0.05) is 42.5 Å². The predicted octanol–water partition coefficient (Wildman–Crippen LogP) is 5.57. The van der Waals surface area contributed by atoms with Gasteiger partial charge in [0.25, 0.3) is 5.91 Å². The van der Waals surface area contributed by atoms with Crippen LogP contribution in [0.1, 0.15) is 40.9 Å². The molecule has 1 aromatic heterocycles. The van der Waals surface area contributed by atoms with Crippen molar-refractivity contribution in [2.75, 3.05) is 0 Å². The van der Waals surface area contributed by atoms with Gasteiger partial charge in [0.05, 0.1) is 12.7 Å². The molecule has 0 unspecified atom stereocenters. The Kier molecular flexibility index (Phi) is 6.95. The topological polar surface area (TPSA) is 77.2 Å². The van der Waals surface area contributed by atoms with Crippen LogP contribution in [0.5, 0.6) is 0 Å². The van der Waals surface area contributed by atoms with E-state index in [9.17, 15) is 4.79 Å². The van der Waals surface area contributed by atoms with Crippen molar-refractivity contribution >= 4 is 5.91 Å². The first-order valence-corrected chi connectivity index (χ1v) is 11.0. The van der Waals surface area contributed by atoms with Crippen molar-refractivity contribution in [3.8, 4) is 22.9 Å². The van der Waals surface area contributed by atoms with Crippen LogP contribution in [-0.4, -0.2) is 22.2 Å². The van der Waals surface area contributed by atoms with Gasteiger partial charge in [-0.2, -0.15) is 0 Å². The Morgan fingerprint density at radius 3 is 2.27 bits per heavy atom. The van der Waals surface area contributed by atoms with E-state index in [1.165, 1.54) is 0 Å². The second kappa shape index (κ2) is 10.2. The van der Waals surface area contributed by atoms with Crippen LogP contribution in [0.4, 0.5) is 0 Å². The smallest absolute Gasteiger partial charge is 0.251 e. The molecule has 0 atom stereocenters. The quantitative estimate of drug-likeness (QED) is 0.387. The molecule has 0 saturated carbocycles. The van der Waals surface area contributed by atoms with Crippen molar-refractivity contribution in [2.24, 2.45) is 0 Å². The molecule has 0 radical (unpaired) electrons. The second-order valence-corrected chi connectivity index (χ2v) is 8.16. The summed E-state index contributed by atoms with van der Waals surface area (Å²) in [5.74, 6) is 0.758. The summed E-state index contributed by atoms with van der Waals surface area (Å²) in [6.07, 6.45) is 0.199. The molecule has 1 N–H and O–H groups in total. The third kappa shape index (κ3) is 5.73.